The van der Waals surface area contributed by atoms with E-state index in [0.29, 0.717) is 18.9 Å². The van der Waals surface area contributed by atoms with Gasteiger partial charge in [0.05, 0.1) is 18.8 Å². The van der Waals surface area contributed by atoms with Crippen LogP contribution in [0.25, 0.3) is 0 Å². The van der Waals surface area contributed by atoms with Crippen LogP contribution in [0, 0.1) is 5.92 Å². The van der Waals surface area contributed by atoms with Crippen LogP contribution in [-0.2, 0) is 16.1 Å². The molecule has 1 fully saturated rings. The van der Waals surface area contributed by atoms with Gasteiger partial charge in [-0.05, 0) is 40.4 Å². The molecule has 2 rings (SSSR count). The highest BCUT2D eigenvalue weighted by Gasteiger charge is 2.34. The van der Waals surface area contributed by atoms with Gasteiger partial charge in [-0.1, -0.05) is 13.8 Å². The van der Waals surface area contributed by atoms with E-state index in [2.05, 4.69) is 26.2 Å². The van der Waals surface area contributed by atoms with Gasteiger partial charge in [0.15, 0.2) is 0 Å². The Bertz CT molecular complexity index is 502. The lowest BCUT2D eigenvalue weighted by Crippen LogP contribution is -2.58. The fourth-order valence-corrected chi connectivity index (χ4v) is 2.49. The van der Waals surface area contributed by atoms with Gasteiger partial charge in [0.1, 0.15) is 6.04 Å². The summed E-state index contributed by atoms with van der Waals surface area (Å²) in [6, 6.07) is 3.34. The number of amides is 2. The van der Waals surface area contributed by atoms with E-state index in [1.807, 2.05) is 26.0 Å². The zero-order valence-electron chi connectivity index (χ0n) is 11.6. The molecule has 0 aliphatic carbocycles. The smallest absolute Gasteiger partial charge is 0.243 e. The standard InChI is InChI=1S/C14H18BrN3O2/c1-9(2)5-12-14(20)17-7-13(19)18(12)8-11-4-3-10(15)6-16-11/h3-4,6,9,12H,5,7-8H2,1-2H3,(H,17,20). The fourth-order valence-electron chi connectivity index (χ4n) is 2.25. The Kier molecular flexibility index (Phi) is 4.75. The van der Waals surface area contributed by atoms with Crippen LogP contribution in [0.4, 0.5) is 0 Å². The molecule has 1 aliphatic heterocycles. The fraction of sp³-hybridized carbons (Fsp3) is 0.500. The highest BCUT2D eigenvalue weighted by Crippen LogP contribution is 2.18. The lowest BCUT2D eigenvalue weighted by molar-refractivity contribution is -0.146. The molecule has 5 nitrogen and oxygen atoms in total. The van der Waals surface area contributed by atoms with Crippen LogP contribution in [0.1, 0.15) is 26.0 Å². The molecule has 1 aromatic heterocycles. The van der Waals surface area contributed by atoms with E-state index < -0.39 is 6.04 Å². The summed E-state index contributed by atoms with van der Waals surface area (Å²) in [6.45, 7) is 4.53. The lowest BCUT2D eigenvalue weighted by Gasteiger charge is -2.35. The van der Waals surface area contributed by atoms with Crippen molar-refractivity contribution in [1.82, 2.24) is 15.2 Å². The summed E-state index contributed by atoms with van der Waals surface area (Å²) in [7, 11) is 0. The minimum Gasteiger partial charge on any atom is -0.345 e. The Morgan fingerprint density at radius 1 is 1.45 bits per heavy atom. The third-order valence-electron chi connectivity index (χ3n) is 3.23. The summed E-state index contributed by atoms with van der Waals surface area (Å²) in [5, 5.41) is 2.65. The third kappa shape index (κ3) is 3.56. The van der Waals surface area contributed by atoms with E-state index in [4.69, 9.17) is 0 Å². The van der Waals surface area contributed by atoms with Crippen molar-refractivity contribution in [2.45, 2.75) is 32.9 Å². The molecule has 20 heavy (non-hydrogen) atoms. The first-order valence-electron chi connectivity index (χ1n) is 6.65. The van der Waals surface area contributed by atoms with Crippen molar-refractivity contribution in [3.05, 3.63) is 28.5 Å². The van der Waals surface area contributed by atoms with Crippen LogP contribution in [0.3, 0.4) is 0 Å². The Balaban J connectivity index is 2.17. The number of hydrogen-bond donors (Lipinski definition) is 1. The third-order valence-corrected chi connectivity index (χ3v) is 3.70. The molecule has 2 amide bonds. The highest BCUT2D eigenvalue weighted by atomic mass is 79.9. The molecule has 0 saturated carbocycles. The van der Waals surface area contributed by atoms with Gasteiger partial charge in [-0.2, -0.15) is 0 Å². The van der Waals surface area contributed by atoms with Crippen molar-refractivity contribution >= 4 is 27.7 Å². The minimum absolute atomic E-state index is 0.0556. The average molecular weight is 340 g/mol. The van der Waals surface area contributed by atoms with Crippen LogP contribution in [0.2, 0.25) is 0 Å². The molecular weight excluding hydrogens is 322 g/mol. The van der Waals surface area contributed by atoms with E-state index in [1.165, 1.54) is 0 Å². The maximum atomic E-state index is 12.1. The molecule has 0 aromatic carbocycles. The van der Waals surface area contributed by atoms with Crippen molar-refractivity contribution in [1.29, 1.82) is 0 Å². The van der Waals surface area contributed by atoms with Crippen LogP contribution in [0.5, 0.6) is 0 Å². The molecule has 1 aromatic rings. The maximum Gasteiger partial charge on any atom is 0.243 e. The molecule has 108 valence electrons. The Labute approximate surface area is 126 Å². The van der Waals surface area contributed by atoms with E-state index in [-0.39, 0.29) is 18.4 Å². The SMILES string of the molecule is CC(C)CC1C(=O)NCC(=O)N1Cc1ccc(Br)cn1. The summed E-state index contributed by atoms with van der Waals surface area (Å²) in [6.07, 6.45) is 2.36. The van der Waals surface area contributed by atoms with Crippen molar-refractivity contribution < 1.29 is 9.59 Å². The molecule has 1 saturated heterocycles. The molecule has 1 atom stereocenters. The quantitative estimate of drug-likeness (QED) is 0.908. The topological polar surface area (TPSA) is 62.3 Å². The molecule has 1 aliphatic rings. The van der Waals surface area contributed by atoms with Gasteiger partial charge >= 0.3 is 0 Å². The van der Waals surface area contributed by atoms with Crippen molar-refractivity contribution in [2.24, 2.45) is 5.92 Å². The number of aromatic nitrogens is 1. The summed E-state index contributed by atoms with van der Waals surface area (Å²) in [4.78, 5) is 30.0. The number of hydrogen-bond acceptors (Lipinski definition) is 3. The number of nitrogens with zero attached hydrogens (tertiary/aromatic N) is 2. The van der Waals surface area contributed by atoms with E-state index in [9.17, 15) is 9.59 Å². The largest absolute Gasteiger partial charge is 0.345 e. The molecular formula is C14H18BrN3O2. The Hall–Kier alpha value is -1.43. The second-order valence-corrected chi connectivity index (χ2v) is 6.27. The zero-order valence-corrected chi connectivity index (χ0v) is 13.2. The van der Waals surface area contributed by atoms with Gasteiger partial charge in [0, 0.05) is 10.7 Å². The number of halogens is 1. The van der Waals surface area contributed by atoms with Crippen molar-refractivity contribution in [3.63, 3.8) is 0 Å². The van der Waals surface area contributed by atoms with Crippen LogP contribution in [0.15, 0.2) is 22.8 Å². The first kappa shape index (κ1) is 15.0. The number of nitrogens with one attached hydrogen (secondary N) is 1. The summed E-state index contributed by atoms with van der Waals surface area (Å²) < 4.78 is 0.891. The first-order valence-corrected chi connectivity index (χ1v) is 7.44. The normalized spacial score (nSPS) is 19.4. The van der Waals surface area contributed by atoms with Gasteiger partial charge in [0.2, 0.25) is 11.8 Å². The summed E-state index contributed by atoms with van der Waals surface area (Å²) >= 11 is 3.33. The molecule has 0 bridgehead atoms. The second kappa shape index (κ2) is 6.35. The maximum absolute atomic E-state index is 12.1. The van der Waals surface area contributed by atoms with Crippen LogP contribution in [-0.4, -0.2) is 34.3 Å². The van der Waals surface area contributed by atoms with Gasteiger partial charge in [0.25, 0.3) is 0 Å². The van der Waals surface area contributed by atoms with E-state index in [0.717, 1.165) is 10.2 Å². The minimum atomic E-state index is -0.401. The number of pyridine rings is 1. The Morgan fingerprint density at radius 3 is 2.80 bits per heavy atom. The predicted octanol–water partition coefficient (Wildman–Crippen LogP) is 1.72. The van der Waals surface area contributed by atoms with Gasteiger partial charge in [-0.3, -0.25) is 14.6 Å². The van der Waals surface area contributed by atoms with Crippen LogP contribution < -0.4 is 5.32 Å². The van der Waals surface area contributed by atoms with Crippen molar-refractivity contribution in [2.75, 3.05) is 6.54 Å². The van der Waals surface area contributed by atoms with Crippen molar-refractivity contribution in [3.8, 4) is 0 Å². The monoisotopic (exact) mass is 339 g/mol. The highest BCUT2D eigenvalue weighted by molar-refractivity contribution is 9.10. The predicted molar refractivity (Wildman–Crippen MR) is 78.7 cm³/mol. The molecule has 1 N–H and O–H groups in total. The average Bonchev–Trinajstić information content (AvgIpc) is 2.40. The molecule has 6 heteroatoms. The Morgan fingerprint density at radius 2 is 2.20 bits per heavy atom. The van der Waals surface area contributed by atoms with Gasteiger partial charge < -0.3 is 10.2 Å². The van der Waals surface area contributed by atoms with Crippen LogP contribution >= 0.6 is 15.9 Å². The van der Waals surface area contributed by atoms with Gasteiger partial charge in [-0.25, -0.2) is 0 Å². The zero-order chi connectivity index (χ0) is 14.7. The number of rotatable bonds is 4. The second-order valence-electron chi connectivity index (χ2n) is 5.35. The summed E-state index contributed by atoms with van der Waals surface area (Å²) in [5.41, 5.74) is 0.782. The lowest BCUT2D eigenvalue weighted by atomic mass is 9.99. The van der Waals surface area contributed by atoms with E-state index >= 15 is 0 Å². The molecule has 1 unspecified atom stereocenters. The van der Waals surface area contributed by atoms with E-state index in [1.54, 1.807) is 11.1 Å². The number of piperazine rings is 1. The number of carbonyl (C=O) groups excluding carboxylic acids is 2. The first-order chi connectivity index (χ1) is 9.47. The molecule has 0 radical (unpaired) electrons. The molecule has 2 heterocycles. The summed E-state index contributed by atoms with van der Waals surface area (Å²) in [5.74, 6) is 0.215. The van der Waals surface area contributed by atoms with Gasteiger partial charge in [-0.15, -0.1) is 0 Å². The molecule has 0 spiro atoms. The number of carbonyl (C=O) groups is 2.